The van der Waals surface area contributed by atoms with E-state index in [0.29, 0.717) is 11.9 Å². The summed E-state index contributed by atoms with van der Waals surface area (Å²) in [5.74, 6) is 1.31. The summed E-state index contributed by atoms with van der Waals surface area (Å²) < 4.78 is 19.5. The van der Waals surface area contributed by atoms with Crippen LogP contribution < -0.4 is 15.4 Å². The van der Waals surface area contributed by atoms with Crippen molar-refractivity contribution in [3.8, 4) is 17.3 Å². The number of anilines is 1. The molecule has 0 unspecified atom stereocenters. The summed E-state index contributed by atoms with van der Waals surface area (Å²) in [6.45, 7) is 1.75. The van der Waals surface area contributed by atoms with E-state index < -0.39 is 0 Å². The molecular formula is C24H27N5O3. The van der Waals surface area contributed by atoms with Gasteiger partial charge in [0, 0.05) is 36.8 Å². The van der Waals surface area contributed by atoms with Crippen molar-refractivity contribution in [1.29, 1.82) is 0 Å². The van der Waals surface area contributed by atoms with E-state index >= 15 is 0 Å². The van der Waals surface area contributed by atoms with E-state index in [-0.39, 0.29) is 12.1 Å². The molecule has 1 saturated carbocycles. The van der Waals surface area contributed by atoms with Gasteiger partial charge in [0.1, 0.15) is 17.4 Å². The van der Waals surface area contributed by atoms with Crippen molar-refractivity contribution in [3.05, 3.63) is 42.6 Å². The molecule has 2 N–H and O–H groups in total. The number of imidazole rings is 1. The molecule has 0 amide bonds. The number of rotatable bonds is 6. The minimum atomic E-state index is 0.135. The van der Waals surface area contributed by atoms with Gasteiger partial charge in [0.05, 0.1) is 18.8 Å². The second-order valence-electron chi connectivity index (χ2n) is 8.80. The lowest BCUT2D eigenvalue weighted by Gasteiger charge is -2.31. The van der Waals surface area contributed by atoms with Gasteiger partial charge in [0.25, 0.3) is 0 Å². The zero-order chi connectivity index (χ0) is 21.7. The molecule has 1 atom stereocenters. The van der Waals surface area contributed by atoms with Crippen LogP contribution in [0.1, 0.15) is 25.7 Å². The zero-order valence-corrected chi connectivity index (χ0v) is 18.1. The number of hydrogen-bond acceptors (Lipinski definition) is 7. The maximum absolute atomic E-state index is 6.27. The molecule has 8 heteroatoms. The van der Waals surface area contributed by atoms with Crippen molar-refractivity contribution in [2.24, 2.45) is 5.73 Å². The lowest BCUT2D eigenvalue weighted by Crippen LogP contribution is -2.43. The molecule has 1 aromatic carbocycles. The minimum absolute atomic E-state index is 0.135. The van der Waals surface area contributed by atoms with Crippen LogP contribution in [0, 0.1) is 0 Å². The standard InChI is InChI=1S/C24H27N5O3/c1-30-14-16-4-3-9-28(16)19-5-2-6-21-18(19)12-22(32-21)20-13-26-23-7-8-24(27-29(20)23)31-17-10-15(25)11-17/h2,5-8,12-13,15-17H,3-4,9-11,14,25H2,1H3/t15?,16-,17?/m1/s1. The predicted octanol–water partition coefficient (Wildman–Crippen LogP) is 3.63. The Bertz CT molecular complexity index is 1260. The minimum Gasteiger partial charge on any atom is -0.473 e. The van der Waals surface area contributed by atoms with Crippen LogP contribution >= 0.6 is 0 Å². The lowest BCUT2D eigenvalue weighted by molar-refractivity contribution is 0.0944. The maximum Gasteiger partial charge on any atom is 0.232 e. The van der Waals surface area contributed by atoms with Gasteiger partial charge < -0.3 is 24.5 Å². The molecule has 0 bridgehead atoms. The van der Waals surface area contributed by atoms with E-state index in [1.807, 2.05) is 18.2 Å². The average molecular weight is 434 g/mol. The quantitative estimate of drug-likeness (QED) is 0.496. The normalized spacial score (nSPS) is 23.2. The Morgan fingerprint density at radius 2 is 2.12 bits per heavy atom. The first kappa shape index (κ1) is 19.6. The first-order chi connectivity index (χ1) is 15.7. The number of nitrogens with zero attached hydrogens (tertiary/aromatic N) is 4. The highest BCUT2D eigenvalue weighted by Gasteiger charge is 2.29. The maximum atomic E-state index is 6.27. The van der Waals surface area contributed by atoms with Gasteiger partial charge in [0.2, 0.25) is 5.88 Å². The average Bonchev–Trinajstić information content (AvgIpc) is 3.50. The molecule has 6 rings (SSSR count). The largest absolute Gasteiger partial charge is 0.473 e. The fourth-order valence-corrected chi connectivity index (χ4v) is 4.90. The number of aromatic nitrogens is 3. The molecule has 4 heterocycles. The van der Waals surface area contributed by atoms with Crippen LogP contribution in [0.2, 0.25) is 0 Å². The fraction of sp³-hybridized carbons (Fsp3) is 0.417. The van der Waals surface area contributed by atoms with Crippen molar-refractivity contribution >= 4 is 22.3 Å². The molecule has 2 aliphatic rings. The van der Waals surface area contributed by atoms with Gasteiger partial charge in [-0.15, -0.1) is 5.10 Å². The van der Waals surface area contributed by atoms with E-state index in [1.165, 1.54) is 12.1 Å². The highest BCUT2D eigenvalue weighted by atomic mass is 16.5. The molecule has 4 aromatic rings. The summed E-state index contributed by atoms with van der Waals surface area (Å²) in [5.41, 5.74) is 9.46. The highest BCUT2D eigenvalue weighted by Crippen LogP contribution is 2.37. The number of fused-ring (bicyclic) bond motifs is 2. The Kier molecular flexibility index (Phi) is 4.77. The van der Waals surface area contributed by atoms with Crippen molar-refractivity contribution < 1.29 is 13.9 Å². The van der Waals surface area contributed by atoms with E-state index in [1.54, 1.807) is 17.8 Å². The molecule has 1 saturated heterocycles. The third-order valence-electron chi connectivity index (χ3n) is 6.59. The fourth-order valence-electron chi connectivity index (χ4n) is 4.90. The van der Waals surface area contributed by atoms with Crippen LogP contribution in [0.5, 0.6) is 5.88 Å². The summed E-state index contributed by atoms with van der Waals surface area (Å²) >= 11 is 0. The topological polar surface area (TPSA) is 91.0 Å². The Hall–Kier alpha value is -3.10. The number of methoxy groups -OCH3 is 1. The number of nitrogens with two attached hydrogens (primary N) is 1. The summed E-state index contributed by atoms with van der Waals surface area (Å²) in [4.78, 5) is 6.94. The van der Waals surface area contributed by atoms with Crippen molar-refractivity contribution in [2.45, 2.75) is 43.9 Å². The lowest BCUT2D eigenvalue weighted by atomic mass is 9.90. The predicted molar refractivity (Wildman–Crippen MR) is 122 cm³/mol. The van der Waals surface area contributed by atoms with Gasteiger partial charge in [-0.25, -0.2) is 9.50 Å². The summed E-state index contributed by atoms with van der Waals surface area (Å²) in [7, 11) is 1.77. The number of ether oxygens (including phenoxy) is 2. The third kappa shape index (κ3) is 3.30. The molecule has 32 heavy (non-hydrogen) atoms. The SMILES string of the molecule is COC[C@H]1CCCN1c1cccc2oc(-c3cnc4ccc(OC5CC(N)C5)nn34)cc12. The van der Waals surface area contributed by atoms with Crippen LogP contribution in [0.15, 0.2) is 47.0 Å². The van der Waals surface area contributed by atoms with Crippen molar-refractivity contribution in [1.82, 2.24) is 14.6 Å². The first-order valence-electron chi connectivity index (χ1n) is 11.2. The molecule has 0 radical (unpaired) electrons. The van der Waals surface area contributed by atoms with Gasteiger partial charge >= 0.3 is 0 Å². The van der Waals surface area contributed by atoms with Crippen LogP contribution in [0.3, 0.4) is 0 Å². The van der Waals surface area contributed by atoms with Crippen molar-refractivity contribution in [3.63, 3.8) is 0 Å². The third-order valence-corrected chi connectivity index (χ3v) is 6.59. The summed E-state index contributed by atoms with van der Waals surface area (Å²) in [5, 5.41) is 5.76. The monoisotopic (exact) mass is 433 g/mol. The first-order valence-corrected chi connectivity index (χ1v) is 11.2. The van der Waals surface area contributed by atoms with Crippen LogP contribution in [0.25, 0.3) is 28.1 Å². The highest BCUT2D eigenvalue weighted by molar-refractivity contribution is 5.94. The number of hydrogen-bond donors (Lipinski definition) is 1. The molecule has 166 valence electrons. The number of furan rings is 1. The van der Waals surface area contributed by atoms with Crippen molar-refractivity contribution in [2.75, 3.05) is 25.2 Å². The molecule has 1 aliphatic carbocycles. The molecular weight excluding hydrogens is 406 g/mol. The molecule has 2 fully saturated rings. The molecule has 3 aromatic heterocycles. The Morgan fingerprint density at radius 3 is 2.97 bits per heavy atom. The second-order valence-corrected chi connectivity index (χ2v) is 8.80. The summed E-state index contributed by atoms with van der Waals surface area (Å²) in [6.07, 6.45) is 5.97. The van der Waals surface area contributed by atoms with Crippen LogP contribution in [-0.4, -0.2) is 53.0 Å². The second kappa shape index (κ2) is 7.79. The van der Waals surface area contributed by atoms with Gasteiger partial charge in [-0.3, -0.25) is 0 Å². The Labute approximate surface area is 185 Å². The number of benzene rings is 1. The molecule has 8 nitrogen and oxygen atoms in total. The Balaban J connectivity index is 1.37. The van der Waals surface area contributed by atoms with Crippen LogP contribution in [0.4, 0.5) is 5.69 Å². The smallest absolute Gasteiger partial charge is 0.232 e. The molecule has 1 aliphatic heterocycles. The van der Waals surface area contributed by atoms with Gasteiger partial charge in [0.15, 0.2) is 11.4 Å². The van der Waals surface area contributed by atoms with Gasteiger partial charge in [-0.1, -0.05) is 6.07 Å². The van der Waals surface area contributed by atoms with Gasteiger partial charge in [-0.2, -0.15) is 0 Å². The zero-order valence-electron chi connectivity index (χ0n) is 18.1. The molecule has 0 spiro atoms. The van der Waals surface area contributed by atoms with E-state index in [0.717, 1.165) is 60.5 Å². The van der Waals surface area contributed by atoms with Gasteiger partial charge in [-0.05, 0) is 49.9 Å². The van der Waals surface area contributed by atoms with E-state index in [4.69, 9.17) is 19.6 Å². The van der Waals surface area contributed by atoms with E-state index in [9.17, 15) is 0 Å². The summed E-state index contributed by atoms with van der Waals surface area (Å²) in [6, 6.07) is 12.7. The van der Waals surface area contributed by atoms with E-state index in [2.05, 4.69) is 33.2 Å². The van der Waals surface area contributed by atoms with Crippen LogP contribution in [-0.2, 0) is 4.74 Å². The Morgan fingerprint density at radius 1 is 1.22 bits per heavy atom.